The molecular formula is C10H18F3NO2. The first-order valence-electron chi connectivity index (χ1n) is 5.51. The Morgan fingerprint density at radius 1 is 1.25 bits per heavy atom. The number of aliphatic hydroxyl groups excluding tert-OH is 2. The van der Waals surface area contributed by atoms with Crippen molar-refractivity contribution in [2.24, 2.45) is 5.92 Å². The molecule has 0 aromatic carbocycles. The SMILES string of the molecule is OCCC(O)CN1CCC(C(F)(F)F)CC1. The molecular weight excluding hydrogens is 223 g/mol. The maximum absolute atomic E-state index is 12.4. The average Bonchev–Trinajstić information content (AvgIpc) is 2.17. The lowest BCUT2D eigenvalue weighted by atomic mass is 9.96. The van der Waals surface area contributed by atoms with Crippen LogP contribution in [-0.2, 0) is 0 Å². The number of halogens is 3. The molecule has 1 saturated heterocycles. The molecule has 1 rings (SSSR count). The van der Waals surface area contributed by atoms with Gasteiger partial charge < -0.3 is 15.1 Å². The Morgan fingerprint density at radius 2 is 1.81 bits per heavy atom. The van der Waals surface area contributed by atoms with Crippen molar-refractivity contribution < 1.29 is 23.4 Å². The molecule has 16 heavy (non-hydrogen) atoms. The lowest BCUT2D eigenvalue weighted by Gasteiger charge is -2.33. The molecule has 0 aromatic rings. The lowest BCUT2D eigenvalue weighted by Crippen LogP contribution is -2.42. The van der Waals surface area contributed by atoms with Crippen LogP contribution in [0.5, 0.6) is 0 Å². The maximum Gasteiger partial charge on any atom is 0.391 e. The summed E-state index contributed by atoms with van der Waals surface area (Å²) in [5.41, 5.74) is 0. The number of hydrogen-bond donors (Lipinski definition) is 2. The second kappa shape index (κ2) is 5.84. The van der Waals surface area contributed by atoms with Crippen molar-refractivity contribution in [3.8, 4) is 0 Å². The minimum atomic E-state index is -4.09. The van der Waals surface area contributed by atoms with E-state index in [0.29, 0.717) is 19.6 Å². The molecule has 0 amide bonds. The number of aliphatic hydroxyl groups is 2. The number of rotatable bonds is 4. The maximum atomic E-state index is 12.4. The first-order chi connectivity index (χ1) is 7.43. The van der Waals surface area contributed by atoms with Gasteiger partial charge in [0.2, 0.25) is 0 Å². The van der Waals surface area contributed by atoms with E-state index < -0.39 is 18.2 Å². The van der Waals surface area contributed by atoms with Gasteiger partial charge in [-0.05, 0) is 32.4 Å². The Labute approximate surface area is 92.9 Å². The van der Waals surface area contributed by atoms with Crippen molar-refractivity contribution in [2.75, 3.05) is 26.2 Å². The Bertz CT molecular complexity index is 203. The Morgan fingerprint density at radius 3 is 2.25 bits per heavy atom. The molecule has 1 atom stereocenters. The Balaban J connectivity index is 2.27. The molecule has 0 spiro atoms. The van der Waals surface area contributed by atoms with E-state index in [1.165, 1.54) is 0 Å². The van der Waals surface area contributed by atoms with Gasteiger partial charge in [-0.15, -0.1) is 0 Å². The first-order valence-corrected chi connectivity index (χ1v) is 5.51. The van der Waals surface area contributed by atoms with Crippen molar-refractivity contribution in [1.82, 2.24) is 4.90 Å². The summed E-state index contributed by atoms with van der Waals surface area (Å²) in [5, 5.41) is 18.0. The molecule has 3 nitrogen and oxygen atoms in total. The van der Waals surface area contributed by atoms with Crippen LogP contribution < -0.4 is 0 Å². The fraction of sp³-hybridized carbons (Fsp3) is 1.00. The fourth-order valence-corrected chi connectivity index (χ4v) is 1.98. The second-order valence-corrected chi connectivity index (χ2v) is 4.28. The zero-order chi connectivity index (χ0) is 12.2. The Hall–Kier alpha value is -0.330. The van der Waals surface area contributed by atoms with Crippen LogP contribution in [0.4, 0.5) is 13.2 Å². The predicted octanol–water partition coefficient (Wildman–Crippen LogP) is 1.00. The van der Waals surface area contributed by atoms with Gasteiger partial charge in [-0.25, -0.2) is 0 Å². The van der Waals surface area contributed by atoms with E-state index in [9.17, 15) is 18.3 Å². The molecule has 1 heterocycles. The molecule has 6 heteroatoms. The van der Waals surface area contributed by atoms with E-state index in [1.54, 1.807) is 0 Å². The second-order valence-electron chi connectivity index (χ2n) is 4.28. The van der Waals surface area contributed by atoms with E-state index in [-0.39, 0.29) is 25.9 Å². The van der Waals surface area contributed by atoms with E-state index >= 15 is 0 Å². The normalized spacial score (nSPS) is 22.3. The molecule has 0 saturated carbocycles. The summed E-state index contributed by atoms with van der Waals surface area (Å²) >= 11 is 0. The number of nitrogens with zero attached hydrogens (tertiary/aromatic N) is 1. The highest BCUT2D eigenvalue weighted by Crippen LogP contribution is 2.34. The van der Waals surface area contributed by atoms with Gasteiger partial charge in [-0.1, -0.05) is 0 Å². The van der Waals surface area contributed by atoms with Crippen molar-refractivity contribution in [3.05, 3.63) is 0 Å². The fourth-order valence-electron chi connectivity index (χ4n) is 1.98. The van der Waals surface area contributed by atoms with Crippen LogP contribution in [0.25, 0.3) is 0 Å². The summed E-state index contributed by atoms with van der Waals surface area (Å²) in [5.74, 6) is -1.20. The smallest absolute Gasteiger partial charge is 0.391 e. The number of alkyl halides is 3. The zero-order valence-electron chi connectivity index (χ0n) is 9.08. The molecule has 0 aliphatic carbocycles. The topological polar surface area (TPSA) is 43.7 Å². The summed E-state index contributed by atoms with van der Waals surface area (Å²) in [4.78, 5) is 1.82. The molecule has 96 valence electrons. The summed E-state index contributed by atoms with van der Waals surface area (Å²) in [6.07, 6.45) is -4.24. The zero-order valence-corrected chi connectivity index (χ0v) is 9.08. The number of β-amino-alcohol motifs (C(OH)–C–C–N with tert-alkyl or cyclic N) is 1. The first kappa shape index (κ1) is 13.7. The van der Waals surface area contributed by atoms with Gasteiger partial charge in [-0.3, -0.25) is 0 Å². The number of piperidine rings is 1. The van der Waals surface area contributed by atoms with Crippen molar-refractivity contribution >= 4 is 0 Å². The highest BCUT2D eigenvalue weighted by Gasteiger charge is 2.41. The predicted molar refractivity (Wildman–Crippen MR) is 52.9 cm³/mol. The highest BCUT2D eigenvalue weighted by atomic mass is 19.4. The summed E-state index contributed by atoms with van der Waals surface area (Å²) in [6.45, 7) is 0.991. The van der Waals surface area contributed by atoms with E-state index in [0.717, 1.165) is 0 Å². The molecule has 1 unspecified atom stereocenters. The minimum absolute atomic E-state index is 0.0970. The summed E-state index contributed by atoms with van der Waals surface area (Å²) in [6, 6.07) is 0. The molecule has 1 aliphatic heterocycles. The Kier molecular flexibility index (Phi) is 5.01. The molecule has 0 aromatic heterocycles. The quantitative estimate of drug-likeness (QED) is 0.772. The van der Waals surface area contributed by atoms with Gasteiger partial charge in [0.1, 0.15) is 0 Å². The molecule has 1 aliphatic rings. The minimum Gasteiger partial charge on any atom is -0.396 e. The highest BCUT2D eigenvalue weighted by molar-refractivity contribution is 4.78. The van der Waals surface area contributed by atoms with Crippen LogP contribution in [0.15, 0.2) is 0 Å². The van der Waals surface area contributed by atoms with Crippen LogP contribution in [0, 0.1) is 5.92 Å². The summed E-state index contributed by atoms with van der Waals surface area (Å²) in [7, 11) is 0. The third kappa shape index (κ3) is 4.27. The van der Waals surface area contributed by atoms with Crippen LogP contribution in [0.3, 0.4) is 0 Å². The molecule has 2 N–H and O–H groups in total. The van der Waals surface area contributed by atoms with E-state index in [4.69, 9.17) is 5.11 Å². The van der Waals surface area contributed by atoms with Gasteiger partial charge in [-0.2, -0.15) is 13.2 Å². The summed E-state index contributed by atoms with van der Waals surface area (Å²) < 4.78 is 37.1. The van der Waals surface area contributed by atoms with Crippen molar-refractivity contribution in [3.63, 3.8) is 0 Å². The van der Waals surface area contributed by atoms with Crippen LogP contribution >= 0.6 is 0 Å². The third-order valence-corrected chi connectivity index (χ3v) is 2.98. The van der Waals surface area contributed by atoms with Crippen molar-refractivity contribution in [2.45, 2.75) is 31.5 Å². The van der Waals surface area contributed by atoms with Crippen LogP contribution in [0.1, 0.15) is 19.3 Å². The van der Waals surface area contributed by atoms with Gasteiger partial charge >= 0.3 is 6.18 Å². The average molecular weight is 241 g/mol. The molecule has 1 fully saturated rings. The standard InChI is InChI=1S/C10H18F3NO2/c11-10(12,13)8-1-4-14(5-2-8)7-9(16)3-6-15/h8-9,15-16H,1-7H2. The number of hydrogen-bond acceptors (Lipinski definition) is 3. The van der Waals surface area contributed by atoms with Crippen molar-refractivity contribution in [1.29, 1.82) is 0 Å². The van der Waals surface area contributed by atoms with E-state index in [1.807, 2.05) is 4.90 Å². The van der Waals surface area contributed by atoms with Gasteiger partial charge in [0.15, 0.2) is 0 Å². The van der Waals surface area contributed by atoms with Crippen LogP contribution in [-0.4, -0.2) is 53.6 Å². The monoisotopic (exact) mass is 241 g/mol. The largest absolute Gasteiger partial charge is 0.396 e. The number of likely N-dealkylation sites (tertiary alicyclic amines) is 1. The lowest BCUT2D eigenvalue weighted by molar-refractivity contribution is -0.185. The molecule has 0 bridgehead atoms. The van der Waals surface area contributed by atoms with Gasteiger partial charge in [0.25, 0.3) is 0 Å². The van der Waals surface area contributed by atoms with Gasteiger partial charge in [0, 0.05) is 13.2 Å². The molecule has 0 radical (unpaired) electrons. The van der Waals surface area contributed by atoms with Gasteiger partial charge in [0.05, 0.1) is 12.0 Å². The van der Waals surface area contributed by atoms with E-state index in [2.05, 4.69) is 0 Å². The van der Waals surface area contributed by atoms with Crippen LogP contribution in [0.2, 0.25) is 0 Å². The third-order valence-electron chi connectivity index (χ3n) is 2.98.